The molecule has 0 radical (unpaired) electrons. The fourth-order valence-corrected chi connectivity index (χ4v) is 3.27. The summed E-state index contributed by atoms with van der Waals surface area (Å²) in [4.78, 5) is 4.32. The molecule has 2 heterocycles. The number of aliphatic hydroxyl groups excluding tert-OH is 1. The zero-order valence-electron chi connectivity index (χ0n) is 14.4. The highest BCUT2D eigenvalue weighted by Crippen LogP contribution is 2.33. The summed E-state index contributed by atoms with van der Waals surface area (Å²) in [5.74, 6) is 0.447. The molecule has 0 atom stereocenters. The number of aromatic amines is 1. The van der Waals surface area contributed by atoms with Gasteiger partial charge in [0.15, 0.2) is 5.82 Å². The van der Waals surface area contributed by atoms with Crippen LogP contribution in [0.25, 0.3) is 22.0 Å². The summed E-state index contributed by atoms with van der Waals surface area (Å²) in [7, 11) is 0. The van der Waals surface area contributed by atoms with E-state index in [2.05, 4.69) is 20.5 Å². The Balaban J connectivity index is 1.72. The lowest BCUT2D eigenvalue weighted by molar-refractivity contribution is 0.300. The lowest BCUT2D eigenvalue weighted by Crippen LogP contribution is -1.99. The highest BCUT2D eigenvalue weighted by Gasteiger charge is 2.11. The van der Waals surface area contributed by atoms with Gasteiger partial charge in [0, 0.05) is 23.2 Å². The number of para-hydroxylation sites is 1. The van der Waals surface area contributed by atoms with Gasteiger partial charge in [-0.25, -0.2) is 4.98 Å². The number of nitrogen functional groups attached to an aromatic ring is 1. The zero-order valence-corrected chi connectivity index (χ0v) is 15.2. The van der Waals surface area contributed by atoms with Crippen LogP contribution in [0.5, 0.6) is 0 Å². The van der Waals surface area contributed by atoms with Gasteiger partial charge in [0.2, 0.25) is 0 Å². The quantitative estimate of drug-likeness (QED) is 0.390. The Hall–Kier alpha value is -3.09. The number of benzene rings is 2. The number of nitrogens with zero attached hydrogens (tertiary/aromatic N) is 2. The summed E-state index contributed by atoms with van der Waals surface area (Å²) in [5.41, 5.74) is 11.2. The zero-order chi connectivity index (χ0) is 18.8. The molecule has 0 aliphatic carbocycles. The Labute approximate surface area is 161 Å². The number of fused-ring (bicyclic) bond motifs is 1. The van der Waals surface area contributed by atoms with E-state index >= 15 is 0 Å². The number of nitrogens with two attached hydrogens (primary N) is 1. The Bertz CT molecular complexity index is 1110. The molecule has 4 aromatic rings. The minimum Gasteiger partial charge on any atom is -0.396 e. The van der Waals surface area contributed by atoms with Crippen LogP contribution in [0.4, 0.5) is 17.2 Å². The number of aromatic nitrogens is 3. The van der Waals surface area contributed by atoms with Crippen molar-refractivity contribution in [2.45, 2.75) is 6.42 Å². The smallest absolute Gasteiger partial charge is 0.153 e. The first-order chi connectivity index (χ1) is 13.2. The van der Waals surface area contributed by atoms with Gasteiger partial charge in [-0.2, -0.15) is 5.10 Å². The van der Waals surface area contributed by atoms with Crippen molar-refractivity contribution in [1.29, 1.82) is 0 Å². The normalized spacial score (nSPS) is 11.0. The van der Waals surface area contributed by atoms with E-state index in [1.54, 1.807) is 6.20 Å². The van der Waals surface area contributed by atoms with Crippen molar-refractivity contribution in [3.63, 3.8) is 0 Å². The van der Waals surface area contributed by atoms with Crippen LogP contribution in [-0.4, -0.2) is 26.9 Å². The van der Waals surface area contributed by atoms with Crippen LogP contribution >= 0.6 is 11.6 Å². The number of pyridine rings is 1. The number of hydrogen-bond donors (Lipinski definition) is 4. The van der Waals surface area contributed by atoms with Gasteiger partial charge < -0.3 is 16.2 Å². The topological polar surface area (TPSA) is 99.8 Å². The maximum atomic E-state index is 9.26. The number of rotatable bonds is 5. The number of hydrogen-bond acceptors (Lipinski definition) is 5. The molecule has 0 spiro atoms. The van der Waals surface area contributed by atoms with E-state index in [9.17, 15) is 5.11 Å². The third-order valence-corrected chi connectivity index (χ3v) is 4.72. The van der Waals surface area contributed by atoms with Gasteiger partial charge in [0.1, 0.15) is 5.15 Å². The van der Waals surface area contributed by atoms with Crippen LogP contribution in [0.2, 0.25) is 5.15 Å². The molecule has 2 aromatic heterocycles. The van der Waals surface area contributed by atoms with Crippen molar-refractivity contribution in [3.8, 4) is 11.1 Å². The predicted octanol–water partition coefficient (Wildman–Crippen LogP) is 4.14. The van der Waals surface area contributed by atoms with E-state index in [-0.39, 0.29) is 6.61 Å². The van der Waals surface area contributed by atoms with E-state index in [4.69, 9.17) is 17.3 Å². The van der Waals surface area contributed by atoms with Crippen molar-refractivity contribution >= 4 is 39.7 Å². The first-order valence-corrected chi connectivity index (χ1v) is 8.89. The van der Waals surface area contributed by atoms with Crippen LogP contribution in [0.1, 0.15) is 5.56 Å². The molecule has 6 nitrogen and oxygen atoms in total. The molecule has 0 aliphatic rings. The summed E-state index contributed by atoms with van der Waals surface area (Å²) in [6, 6.07) is 15.6. The Kier molecular flexibility index (Phi) is 4.66. The molecule has 4 rings (SSSR count). The van der Waals surface area contributed by atoms with Crippen LogP contribution < -0.4 is 11.1 Å². The average molecular weight is 380 g/mol. The number of halogens is 1. The highest BCUT2D eigenvalue weighted by molar-refractivity contribution is 6.32. The van der Waals surface area contributed by atoms with Crippen molar-refractivity contribution in [3.05, 3.63) is 65.4 Å². The fourth-order valence-electron chi connectivity index (χ4n) is 3.06. The van der Waals surface area contributed by atoms with E-state index in [1.165, 1.54) is 0 Å². The third kappa shape index (κ3) is 3.45. The molecule has 0 aliphatic heterocycles. The minimum atomic E-state index is 0.0922. The molecule has 0 saturated carbocycles. The van der Waals surface area contributed by atoms with Crippen molar-refractivity contribution < 1.29 is 5.11 Å². The molecule has 0 amide bonds. The van der Waals surface area contributed by atoms with Gasteiger partial charge in [-0.3, -0.25) is 5.10 Å². The summed E-state index contributed by atoms with van der Waals surface area (Å²) in [5, 5.41) is 20.8. The van der Waals surface area contributed by atoms with Crippen molar-refractivity contribution in [2.75, 3.05) is 17.7 Å². The standard InChI is InChI=1S/C20H18ClN5O/c21-19-15(13-5-6-18-16(9-13)20(22)26-25-18)10-14(11-23-19)24-17-4-2-1-3-12(17)7-8-27/h1-6,9-11,24,27H,7-8H2,(H3,22,25,26). The predicted molar refractivity (Wildman–Crippen MR) is 109 cm³/mol. The first kappa shape index (κ1) is 17.3. The molecule has 0 fully saturated rings. The molecule has 5 N–H and O–H groups in total. The van der Waals surface area contributed by atoms with Gasteiger partial charge >= 0.3 is 0 Å². The molecule has 0 unspecified atom stereocenters. The summed E-state index contributed by atoms with van der Waals surface area (Å²) in [6.45, 7) is 0.0922. The summed E-state index contributed by atoms with van der Waals surface area (Å²) in [6.07, 6.45) is 2.26. The van der Waals surface area contributed by atoms with Gasteiger partial charge in [-0.05, 0) is 41.8 Å². The third-order valence-electron chi connectivity index (χ3n) is 4.42. The highest BCUT2D eigenvalue weighted by atomic mass is 35.5. The van der Waals surface area contributed by atoms with E-state index < -0.39 is 0 Å². The maximum absolute atomic E-state index is 9.26. The maximum Gasteiger partial charge on any atom is 0.153 e. The molecule has 7 heteroatoms. The molecule has 136 valence electrons. The fraction of sp³-hybridized carbons (Fsp3) is 0.100. The molecule has 2 aromatic carbocycles. The van der Waals surface area contributed by atoms with Crippen LogP contribution in [0.3, 0.4) is 0 Å². The van der Waals surface area contributed by atoms with Crippen molar-refractivity contribution in [1.82, 2.24) is 15.2 Å². The second-order valence-corrected chi connectivity index (χ2v) is 6.55. The monoisotopic (exact) mass is 379 g/mol. The van der Waals surface area contributed by atoms with Crippen LogP contribution in [0, 0.1) is 0 Å². The summed E-state index contributed by atoms with van der Waals surface area (Å²) < 4.78 is 0. The van der Waals surface area contributed by atoms with Crippen LogP contribution in [-0.2, 0) is 6.42 Å². The number of anilines is 3. The minimum absolute atomic E-state index is 0.0922. The lowest BCUT2D eigenvalue weighted by Gasteiger charge is -2.13. The van der Waals surface area contributed by atoms with Gasteiger partial charge in [0.25, 0.3) is 0 Å². The number of aliphatic hydroxyl groups is 1. The second kappa shape index (κ2) is 7.26. The molecule has 27 heavy (non-hydrogen) atoms. The Morgan fingerprint density at radius 2 is 2.00 bits per heavy atom. The van der Waals surface area contributed by atoms with Crippen molar-refractivity contribution in [2.24, 2.45) is 0 Å². The van der Waals surface area contributed by atoms with E-state index in [0.29, 0.717) is 17.4 Å². The average Bonchev–Trinajstić information content (AvgIpc) is 3.05. The Morgan fingerprint density at radius 3 is 2.85 bits per heavy atom. The van der Waals surface area contributed by atoms with Gasteiger partial charge in [-0.1, -0.05) is 35.9 Å². The molecular formula is C20H18ClN5O. The van der Waals surface area contributed by atoms with E-state index in [0.717, 1.165) is 39.0 Å². The molecule has 0 bridgehead atoms. The second-order valence-electron chi connectivity index (χ2n) is 6.19. The first-order valence-electron chi connectivity index (χ1n) is 8.51. The van der Waals surface area contributed by atoms with Crippen LogP contribution in [0.15, 0.2) is 54.7 Å². The largest absolute Gasteiger partial charge is 0.396 e. The molecular weight excluding hydrogens is 362 g/mol. The van der Waals surface area contributed by atoms with Gasteiger partial charge in [-0.15, -0.1) is 0 Å². The Morgan fingerprint density at radius 1 is 1.15 bits per heavy atom. The molecule has 0 saturated heterocycles. The van der Waals surface area contributed by atoms with Gasteiger partial charge in [0.05, 0.1) is 17.4 Å². The number of H-pyrrole nitrogens is 1. The SMILES string of the molecule is Nc1n[nH]c2ccc(-c3cc(Nc4ccccc4CCO)cnc3Cl)cc12. The van der Waals surface area contributed by atoms with E-state index in [1.807, 2.05) is 48.5 Å². The summed E-state index contributed by atoms with van der Waals surface area (Å²) >= 11 is 6.35. The lowest BCUT2D eigenvalue weighted by atomic mass is 10.0. The number of nitrogens with one attached hydrogen (secondary N) is 2.